The molecule has 0 bridgehead atoms. The molecule has 9 heteroatoms. The fraction of sp³-hybridized carbons (Fsp3) is 0.789. The summed E-state index contributed by atoms with van der Waals surface area (Å²) in [6.45, 7) is 10.6. The van der Waals surface area contributed by atoms with E-state index in [9.17, 15) is 14.8 Å². The summed E-state index contributed by atoms with van der Waals surface area (Å²) in [5, 5.41) is 18.5. The highest BCUT2D eigenvalue weighted by atomic mass is 16.9. The molecule has 1 saturated heterocycles. The SMILES string of the molecule is C=CC1CC1(NC(=O)C1CCCN1C(=O)NC(CN)CC(C)C)N([O-])OCC. The van der Waals surface area contributed by atoms with Gasteiger partial charge in [0.05, 0.1) is 6.61 Å². The van der Waals surface area contributed by atoms with Crippen molar-refractivity contribution in [2.24, 2.45) is 17.6 Å². The number of nitrogens with two attached hydrogens (primary N) is 1. The number of rotatable bonds is 10. The lowest BCUT2D eigenvalue weighted by molar-refractivity contribution is -0.170. The van der Waals surface area contributed by atoms with E-state index in [1.807, 2.05) is 0 Å². The molecule has 4 atom stereocenters. The van der Waals surface area contributed by atoms with Crippen LogP contribution in [0, 0.1) is 17.0 Å². The van der Waals surface area contributed by atoms with E-state index >= 15 is 0 Å². The van der Waals surface area contributed by atoms with Crippen LogP contribution in [0.15, 0.2) is 12.7 Å². The van der Waals surface area contributed by atoms with E-state index in [-0.39, 0.29) is 30.5 Å². The van der Waals surface area contributed by atoms with E-state index < -0.39 is 11.7 Å². The summed E-state index contributed by atoms with van der Waals surface area (Å²) in [7, 11) is 0. The van der Waals surface area contributed by atoms with Gasteiger partial charge in [-0.3, -0.25) is 4.79 Å². The highest BCUT2D eigenvalue weighted by molar-refractivity contribution is 5.88. The Morgan fingerprint density at radius 1 is 1.50 bits per heavy atom. The number of hydrogen-bond acceptors (Lipinski definition) is 6. The molecule has 0 aromatic heterocycles. The molecular formula is C19H34N5O4-. The van der Waals surface area contributed by atoms with Gasteiger partial charge in [-0.05, 0) is 38.5 Å². The first-order valence-electron chi connectivity index (χ1n) is 10.1. The Hall–Kier alpha value is -1.68. The van der Waals surface area contributed by atoms with E-state index in [1.165, 1.54) is 4.90 Å². The summed E-state index contributed by atoms with van der Waals surface area (Å²) in [6.07, 6.45) is 4.14. The summed E-state index contributed by atoms with van der Waals surface area (Å²) in [4.78, 5) is 32.2. The smallest absolute Gasteiger partial charge is 0.318 e. The van der Waals surface area contributed by atoms with Gasteiger partial charge in [0.25, 0.3) is 0 Å². The predicted octanol–water partition coefficient (Wildman–Crippen LogP) is 1.30. The minimum Gasteiger partial charge on any atom is -0.760 e. The molecule has 3 amide bonds. The van der Waals surface area contributed by atoms with Gasteiger partial charge in [-0.15, -0.1) is 6.58 Å². The molecular weight excluding hydrogens is 362 g/mol. The molecule has 160 valence electrons. The fourth-order valence-corrected chi connectivity index (χ4v) is 3.81. The van der Waals surface area contributed by atoms with Crippen LogP contribution in [0.3, 0.4) is 0 Å². The van der Waals surface area contributed by atoms with Crippen LogP contribution in [-0.4, -0.2) is 59.5 Å². The Morgan fingerprint density at radius 2 is 2.21 bits per heavy atom. The van der Waals surface area contributed by atoms with E-state index in [0.717, 1.165) is 12.8 Å². The van der Waals surface area contributed by atoms with Crippen LogP contribution >= 0.6 is 0 Å². The normalized spacial score (nSPS) is 27.8. The van der Waals surface area contributed by atoms with Crippen LogP contribution in [-0.2, 0) is 9.63 Å². The van der Waals surface area contributed by atoms with E-state index in [1.54, 1.807) is 13.0 Å². The molecule has 1 heterocycles. The Kier molecular flexibility index (Phi) is 7.82. The third kappa shape index (κ3) is 5.02. The van der Waals surface area contributed by atoms with Crippen molar-refractivity contribution < 1.29 is 14.4 Å². The van der Waals surface area contributed by atoms with Gasteiger partial charge in [-0.2, -0.15) is 0 Å². The summed E-state index contributed by atoms with van der Waals surface area (Å²) in [6, 6.07) is -1.04. The second kappa shape index (κ2) is 9.69. The van der Waals surface area contributed by atoms with Crippen LogP contribution in [0.2, 0.25) is 0 Å². The molecule has 4 N–H and O–H groups in total. The van der Waals surface area contributed by atoms with Crippen molar-refractivity contribution in [2.45, 2.75) is 64.2 Å². The average molecular weight is 397 g/mol. The largest absolute Gasteiger partial charge is 0.760 e. The second-order valence-corrected chi connectivity index (χ2v) is 8.00. The molecule has 2 fully saturated rings. The van der Waals surface area contributed by atoms with Crippen LogP contribution < -0.4 is 16.4 Å². The molecule has 9 nitrogen and oxygen atoms in total. The summed E-state index contributed by atoms with van der Waals surface area (Å²) in [5.41, 5.74) is 4.64. The molecule has 1 aliphatic carbocycles. The van der Waals surface area contributed by atoms with Gasteiger partial charge in [0.15, 0.2) is 0 Å². The molecule has 4 unspecified atom stereocenters. The Labute approximate surface area is 167 Å². The third-order valence-corrected chi connectivity index (χ3v) is 5.37. The zero-order chi connectivity index (χ0) is 20.9. The molecule has 2 rings (SSSR count). The van der Waals surface area contributed by atoms with Gasteiger partial charge in [0.1, 0.15) is 11.7 Å². The lowest BCUT2D eigenvalue weighted by atomic mass is 10.0. The first-order valence-corrected chi connectivity index (χ1v) is 10.1. The van der Waals surface area contributed by atoms with Crippen molar-refractivity contribution >= 4 is 11.9 Å². The quantitative estimate of drug-likeness (QED) is 0.291. The van der Waals surface area contributed by atoms with E-state index in [2.05, 4.69) is 31.1 Å². The first-order chi connectivity index (χ1) is 13.3. The Balaban J connectivity index is 2.02. The van der Waals surface area contributed by atoms with E-state index in [4.69, 9.17) is 10.6 Å². The zero-order valence-electron chi connectivity index (χ0n) is 17.1. The highest BCUT2D eigenvalue weighted by Crippen LogP contribution is 2.47. The predicted molar refractivity (Wildman–Crippen MR) is 107 cm³/mol. The van der Waals surface area contributed by atoms with Gasteiger partial charge in [-0.1, -0.05) is 19.9 Å². The molecule has 0 aromatic rings. The maximum atomic E-state index is 12.9. The number of likely N-dealkylation sites (tertiary alicyclic amines) is 1. The van der Waals surface area contributed by atoms with Gasteiger partial charge < -0.3 is 31.3 Å². The Morgan fingerprint density at radius 3 is 2.75 bits per heavy atom. The van der Waals surface area contributed by atoms with Crippen LogP contribution in [0.5, 0.6) is 0 Å². The first kappa shape index (κ1) is 22.6. The Bertz CT molecular complexity index is 573. The average Bonchev–Trinajstić information content (AvgIpc) is 3.13. The summed E-state index contributed by atoms with van der Waals surface area (Å²) in [5.74, 6) is -0.124. The van der Waals surface area contributed by atoms with Crippen LogP contribution in [0.25, 0.3) is 0 Å². The number of nitrogens with zero attached hydrogens (tertiary/aromatic N) is 2. The highest BCUT2D eigenvalue weighted by Gasteiger charge is 2.56. The number of nitrogens with one attached hydrogen (secondary N) is 2. The lowest BCUT2D eigenvalue weighted by Crippen LogP contribution is -2.57. The van der Waals surface area contributed by atoms with Crippen LogP contribution in [0.4, 0.5) is 4.79 Å². The van der Waals surface area contributed by atoms with Crippen LogP contribution in [0.1, 0.15) is 46.5 Å². The summed E-state index contributed by atoms with van der Waals surface area (Å²) < 4.78 is 0. The molecule has 2 aliphatic rings. The minimum absolute atomic E-state index is 0.133. The standard InChI is InChI=1S/C19H34N5O4/c1-5-14-11-19(14,24(27)28-6-2)22-17(25)16-8-7-9-23(16)18(26)21-15(12-20)10-13(3)4/h5,13-16H,1,6-12,20H2,2-4H3,(H,21,26)(H,22,25)/q-1. The fourth-order valence-electron chi connectivity index (χ4n) is 3.81. The number of hydrogen-bond donors (Lipinski definition) is 3. The topological polar surface area (TPSA) is 123 Å². The number of carbonyl (C=O) groups excluding carboxylic acids is 2. The molecule has 0 radical (unpaired) electrons. The molecule has 0 spiro atoms. The molecule has 1 saturated carbocycles. The van der Waals surface area contributed by atoms with Gasteiger partial charge in [0.2, 0.25) is 5.91 Å². The van der Waals surface area contributed by atoms with Gasteiger partial charge >= 0.3 is 6.03 Å². The number of amides is 3. The van der Waals surface area contributed by atoms with Crippen molar-refractivity contribution in [3.8, 4) is 0 Å². The number of hydroxylamine groups is 2. The third-order valence-electron chi connectivity index (χ3n) is 5.37. The van der Waals surface area contributed by atoms with Crippen molar-refractivity contribution in [3.05, 3.63) is 17.9 Å². The number of carbonyl (C=O) groups is 2. The van der Waals surface area contributed by atoms with Gasteiger partial charge in [0, 0.05) is 25.0 Å². The van der Waals surface area contributed by atoms with Gasteiger partial charge in [-0.25, -0.2) is 10.0 Å². The molecule has 1 aliphatic heterocycles. The monoisotopic (exact) mass is 396 g/mol. The summed E-state index contributed by atoms with van der Waals surface area (Å²) >= 11 is 0. The minimum atomic E-state index is -1.13. The van der Waals surface area contributed by atoms with Crippen molar-refractivity contribution in [3.63, 3.8) is 0 Å². The molecule has 28 heavy (non-hydrogen) atoms. The number of urea groups is 1. The van der Waals surface area contributed by atoms with E-state index in [0.29, 0.717) is 37.1 Å². The van der Waals surface area contributed by atoms with Crippen molar-refractivity contribution in [1.82, 2.24) is 20.8 Å². The van der Waals surface area contributed by atoms with Crippen molar-refractivity contribution in [1.29, 1.82) is 0 Å². The second-order valence-electron chi connectivity index (χ2n) is 8.00. The van der Waals surface area contributed by atoms with Crippen molar-refractivity contribution in [2.75, 3.05) is 19.7 Å². The molecule has 0 aromatic carbocycles. The zero-order valence-corrected chi connectivity index (χ0v) is 17.1. The maximum absolute atomic E-state index is 12.9. The lowest BCUT2D eigenvalue weighted by Gasteiger charge is -2.38. The maximum Gasteiger partial charge on any atom is 0.318 e.